The second kappa shape index (κ2) is 11.7. The number of carbonyl (C=O) groups is 3. The van der Waals surface area contributed by atoms with Crippen LogP contribution in [0.4, 0.5) is 0 Å². The number of hydrogen-bond donors (Lipinski definition) is 2. The van der Waals surface area contributed by atoms with Gasteiger partial charge in [0.1, 0.15) is 11.8 Å². The number of esters is 1. The lowest BCUT2D eigenvalue weighted by Crippen LogP contribution is -2.44. The molecule has 202 valence electrons. The monoisotopic (exact) mass is 535 g/mol. The third-order valence-electron chi connectivity index (χ3n) is 6.79. The van der Waals surface area contributed by atoms with E-state index in [0.717, 1.165) is 22.2 Å². The largest absolute Gasteiger partial charge is 0.483 e. The van der Waals surface area contributed by atoms with Crippen molar-refractivity contribution in [2.75, 3.05) is 13.7 Å². The van der Waals surface area contributed by atoms with Gasteiger partial charge in [0.2, 0.25) is 5.91 Å². The molecule has 0 fully saturated rings. The Hall–Kier alpha value is -5.11. The van der Waals surface area contributed by atoms with Crippen LogP contribution in [0.5, 0.6) is 5.75 Å². The van der Waals surface area contributed by atoms with E-state index in [-0.39, 0.29) is 13.0 Å². The highest BCUT2D eigenvalue weighted by Crippen LogP contribution is 2.38. The molecule has 1 atom stereocenters. The number of hydrogen-bond acceptors (Lipinski definition) is 5. The van der Waals surface area contributed by atoms with Crippen molar-refractivity contribution in [1.82, 2.24) is 9.88 Å². The number of fused-ring (bicyclic) bond motifs is 3. The van der Waals surface area contributed by atoms with Crippen molar-refractivity contribution < 1.29 is 23.9 Å². The van der Waals surface area contributed by atoms with Crippen molar-refractivity contribution in [1.29, 1.82) is 0 Å². The summed E-state index contributed by atoms with van der Waals surface area (Å²) in [7, 11) is 1.28. The van der Waals surface area contributed by atoms with Gasteiger partial charge in [0.25, 0.3) is 5.91 Å². The molecule has 0 saturated heterocycles. The van der Waals surface area contributed by atoms with Crippen LogP contribution in [0.15, 0.2) is 97.1 Å². The SMILES string of the molecule is COC(=O)[C@@H](Cc1ccccc1)NC(=O)COc1cccc2c1c1c(C(N)=O)cccc1n2Cc1ccccc1. The number of nitrogens with two attached hydrogens (primary N) is 1. The zero-order valence-electron chi connectivity index (χ0n) is 22.0. The molecular weight excluding hydrogens is 506 g/mol. The summed E-state index contributed by atoms with van der Waals surface area (Å²) >= 11 is 0. The highest BCUT2D eigenvalue weighted by molar-refractivity contribution is 6.19. The van der Waals surface area contributed by atoms with E-state index in [1.807, 2.05) is 78.9 Å². The Morgan fingerprint density at radius 1 is 0.800 bits per heavy atom. The molecule has 0 radical (unpaired) electrons. The Bertz CT molecular complexity index is 1680. The lowest BCUT2D eigenvalue weighted by molar-refractivity contribution is -0.145. The van der Waals surface area contributed by atoms with Crippen LogP contribution in [0.3, 0.4) is 0 Å². The summed E-state index contributed by atoms with van der Waals surface area (Å²) in [6, 6.07) is 29.4. The maximum atomic E-state index is 12.9. The van der Waals surface area contributed by atoms with Crippen molar-refractivity contribution in [3.63, 3.8) is 0 Å². The predicted octanol–water partition coefficient (Wildman–Crippen LogP) is 4.22. The minimum absolute atomic E-state index is 0.282. The molecule has 8 heteroatoms. The Balaban J connectivity index is 1.47. The van der Waals surface area contributed by atoms with Crippen molar-refractivity contribution >= 4 is 39.6 Å². The normalized spacial score (nSPS) is 11.7. The first-order valence-corrected chi connectivity index (χ1v) is 12.9. The van der Waals surface area contributed by atoms with Crippen molar-refractivity contribution in [2.24, 2.45) is 5.73 Å². The average molecular weight is 536 g/mol. The van der Waals surface area contributed by atoms with Crippen LogP contribution in [0.1, 0.15) is 21.5 Å². The number of rotatable bonds is 10. The van der Waals surface area contributed by atoms with Gasteiger partial charge in [-0.1, -0.05) is 72.8 Å². The van der Waals surface area contributed by atoms with E-state index in [0.29, 0.717) is 28.6 Å². The second-order valence-electron chi connectivity index (χ2n) is 9.41. The molecule has 1 aromatic heterocycles. The molecule has 0 aliphatic heterocycles. The number of nitrogens with one attached hydrogen (secondary N) is 1. The Morgan fingerprint density at radius 2 is 1.43 bits per heavy atom. The molecule has 1 heterocycles. The zero-order valence-corrected chi connectivity index (χ0v) is 22.0. The Labute approximate surface area is 231 Å². The summed E-state index contributed by atoms with van der Waals surface area (Å²) in [5.41, 5.74) is 9.76. The fraction of sp³-hybridized carbons (Fsp3) is 0.156. The number of nitrogens with zero attached hydrogens (tertiary/aromatic N) is 1. The van der Waals surface area contributed by atoms with Gasteiger partial charge in [0.05, 0.1) is 23.5 Å². The quantitative estimate of drug-likeness (QED) is 0.260. The molecule has 3 N–H and O–H groups in total. The van der Waals surface area contributed by atoms with Crippen LogP contribution in [0.25, 0.3) is 21.8 Å². The molecule has 0 saturated carbocycles. The molecule has 5 rings (SSSR count). The lowest BCUT2D eigenvalue weighted by atomic mass is 10.1. The molecule has 40 heavy (non-hydrogen) atoms. The fourth-order valence-corrected chi connectivity index (χ4v) is 4.98. The summed E-state index contributed by atoms with van der Waals surface area (Å²) in [6.45, 7) is 0.221. The second-order valence-corrected chi connectivity index (χ2v) is 9.41. The van der Waals surface area contributed by atoms with Gasteiger partial charge in [0, 0.05) is 23.9 Å². The standard InChI is InChI=1S/C32H29N3O5/c1-39-32(38)24(18-21-10-4-2-5-11-21)34-28(36)20-40-27-17-9-16-26-30(27)29-23(31(33)37)14-8-15-25(29)35(26)19-22-12-6-3-7-13-22/h2-17,24H,18-20H2,1H3,(H2,33,37)(H,34,36)/t24-/m1/s1. The Kier molecular flexibility index (Phi) is 7.77. The van der Waals surface area contributed by atoms with Gasteiger partial charge >= 0.3 is 5.97 Å². The number of primary amides is 1. The molecule has 0 aliphatic rings. The highest BCUT2D eigenvalue weighted by Gasteiger charge is 2.23. The summed E-state index contributed by atoms with van der Waals surface area (Å²) in [6.07, 6.45) is 0.282. The number of aromatic nitrogens is 1. The van der Waals surface area contributed by atoms with E-state index in [4.69, 9.17) is 15.2 Å². The third kappa shape index (κ3) is 5.51. The third-order valence-corrected chi connectivity index (χ3v) is 6.79. The van der Waals surface area contributed by atoms with Crippen LogP contribution in [0, 0.1) is 0 Å². The van der Waals surface area contributed by atoms with Gasteiger partial charge in [-0.2, -0.15) is 0 Å². The molecular formula is C32H29N3O5. The van der Waals surface area contributed by atoms with Crippen molar-refractivity contribution in [2.45, 2.75) is 19.0 Å². The van der Waals surface area contributed by atoms with Crippen molar-refractivity contribution in [3.05, 3.63) is 114 Å². The minimum atomic E-state index is -0.867. The lowest BCUT2D eigenvalue weighted by Gasteiger charge is -2.17. The van der Waals surface area contributed by atoms with Gasteiger partial charge < -0.3 is 25.1 Å². The maximum absolute atomic E-state index is 12.9. The topological polar surface area (TPSA) is 113 Å². The van der Waals surface area contributed by atoms with E-state index in [2.05, 4.69) is 9.88 Å². The van der Waals surface area contributed by atoms with Crippen LogP contribution in [-0.2, 0) is 27.3 Å². The predicted molar refractivity (Wildman–Crippen MR) is 153 cm³/mol. The number of amides is 2. The smallest absolute Gasteiger partial charge is 0.328 e. The van der Waals surface area contributed by atoms with Gasteiger partial charge in [-0.25, -0.2) is 4.79 Å². The van der Waals surface area contributed by atoms with E-state index in [9.17, 15) is 14.4 Å². The van der Waals surface area contributed by atoms with Crippen LogP contribution >= 0.6 is 0 Å². The maximum Gasteiger partial charge on any atom is 0.328 e. The first-order valence-electron chi connectivity index (χ1n) is 12.9. The minimum Gasteiger partial charge on any atom is -0.483 e. The summed E-state index contributed by atoms with van der Waals surface area (Å²) in [5, 5.41) is 4.07. The van der Waals surface area contributed by atoms with Crippen LogP contribution in [-0.4, -0.2) is 42.1 Å². The number of methoxy groups -OCH3 is 1. The summed E-state index contributed by atoms with van der Waals surface area (Å²) < 4.78 is 13.0. The Morgan fingerprint density at radius 3 is 2.08 bits per heavy atom. The zero-order chi connectivity index (χ0) is 28.1. The van der Waals surface area contributed by atoms with Crippen LogP contribution < -0.4 is 15.8 Å². The molecule has 0 bridgehead atoms. The number of ether oxygens (including phenoxy) is 2. The van der Waals surface area contributed by atoms with E-state index in [1.54, 1.807) is 18.2 Å². The van der Waals surface area contributed by atoms with Gasteiger partial charge in [-0.05, 0) is 35.4 Å². The molecule has 0 aliphatic carbocycles. The van der Waals surface area contributed by atoms with Crippen LogP contribution in [0.2, 0.25) is 0 Å². The van der Waals surface area contributed by atoms with Gasteiger partial charge in [0.15, 0.2) is 6.61 Å². The van der Waals surface area contributed by atoms with Gasteiger partial charge in [-0.15, -0.1) is 0 Å². The van der Waals surface area contributed by atoms with Gasteiger partial charge in [-0.3, -0.25) is 9.59 Å². The number of carbonyl (C=O) groups excluding carboxylic acids is 3. The molecule has 8 nitrogen and oxygen atoms in total. The van der Waals surface area contributed by atoms with E-state index >= 15 is 0 Å². The molecule has 0 unspecified atom stereocenters. The fourth-order valence-electron chi connectivity index (χ4n) is 4.98. The van der Waals surface area contributed by atoms with Crippen molar-refractivity contribution in [3.8, 4) is 5.75 Å². The highest BCUT2D eigenvalue weighted by atomic mass is 16.5. The van der Waals surface area contributed by atoms with E-state index < -0.39 is 23.8 Å². The summed E-state index contributed by atoms with van der Waals surface area (Å²) in [4.78, 5) is 37.7. The first-order chi connectivity index (χ1) is 19.5. The first kappa shape index (κ1) is 26.5. The molecule has 4 aromatic carbocycles. The summed E-state index contributed by atoms with van der Waals surface area (Å²) in [5.74, 6) is -1.16. The van der Waals surface area contributed by atoms with E-state index in [1.165, 1.54) is 7.11 Å². The number of benzene rings is 4. The average Bonchev–Trinajstić information content (AvgIpc) is 3.30. The molecule has 2 amide bonds. The molecule has 5 aromatic rings. The molecule has 0 spiro atoms.